The number of benzene rings is 2. The molecule has 2 aromatic carbocycles. The van der Waals surface area contributed by atoms with Crippen molar-refractivity contribution in [3.63, 3.8) is 0 Å². The van der Waals surface area contributed by atoms with E-state index in [-0.39, 0.29) is 23.7 Å². The highest BCUT2D eigenvalue weighted by atomic mass is 19.2. The fraction of sp³-hybridized carbons (Fsp3) is 0.118. The molecule has 0 aliphatic rings. The zero-order valence-corrected chi connectivity index (χ0v) is 13.1. The second-order valence-electron chi connectivity index (χ2n) is 4.92. The lowest BCUT2D eigenvalue weighted by atomic mass is 10.1. The lowest BCUT2D eigenvalue weighted by Crippen LogP contribution is -2.07. The maximum absolute atomic E-state index is 13.4. The Morgan fingerprint density at radius 2 is 1.92 bits per heavy atom. The van der Waals surface area contributed by atoms with Crippen molar-refractivity contribution in [1.82, 2.24) is 15.4 Å². The molecule has 0 aliphatic carbocycles. The van der Waals surface area contributed by atoms with E-state index in [4.69, 9.17) is 9.47 Å². The second kappa shape index (κ2) is 7.08. The molecule has 0 saturated carbocycles. The number of para-hydroxylation sites is 1. The molecule has 3 rings (SSSR count). The zero-order valence-electron chi connectivity index (χ0n) is 13.1. The van der Waals surface area contributed by atoms with Gasteiger partial charge in [0, 0.05) is 11.6 Å². The standard InChI is InChI=1S/C17H13F2N3O3/c1-2-24-17(23)16-15(20-22-21-16)11-5-3-4-6-14(11)25-10-7-8-12(18)13(19)9-10/h3-9H,2H2,1H3,(H,20,21,22). The Morgan fingerprint density at radius 3 is 2.68 bits per heavy atom. The third-order valence-electron chi connectivity index (χ3n) is 3.28. The quantitative estimate of drug-likeness (QED) is 0.713. The molecule has 0 fully saturated rings. The highest BCUT2D eigenvalue weighted by Crippen LogP contribution is 2.33. The van der Waals surface area contributed by atoms with Gasteiger partial charge in [-0.1, -0.05) is 12.1 Å². The normalized spacial score (nSPS) is 10.5. The summed E-state index contributed by atoms with van der Waals surface area (Å²) in [6.07, 6.45) is 0. The molecular weight excluding hydrogens is 332 g/mol. The van der Waals surface area contributed by atoms with Crippen molar-refractivity contribution in [2.24, 2.45) is 0 Å². The molecule has 1 heterocycles. The van der Waals surface area contributed by atoms with E-state index in [1.54, 1.807) is 31.2 Å². The summed E-state index contributed by atoms with van der Waals surface area (Å²) in [5, 5.41) is 10.2. The topological polar surface area (TPSA) is 77.1 Å². The van der Waals surface area contributed by atoms with Crippen molar-refractivity contribution in [3.05, 3.63) is 59.8 Å². The number of nitrogens with zero attached hydrogens (tertiary/aromatic N) is 2. The first-order valence-corrected chi connectivity index (χ1v) is 7.40. The van der Waals surface area contributed by atoms with Gasteiger partial charge in [0.25, 0.3) is 0 Å². The number of rotatable bonds is 5. The van der Waals surface area contributed by atoms with Crippen LogP contribution in [0.5, 0.6) is 11.5 Å². The SMILES string of the molecule is CCOC(=O)c1n[nH]nc1-c1ccccc1Oc1ccc(F)c(F)c1. The van der Waals surface area contributed by atoms with Gasteiger partial charge in [-0.3, -0.25) is 0 Å². The van der Waals surface area contributed by atoms with Crippen molar-refractivity contribution in [2.75, 3.05) is 6.61 Å². The van der Waals surface area contributed by atoms with Crippen LogP contribution >= 0.6 is 0 Å². The van der Waals surface area contributed by atoms with Gasteiger partial charge >= 0.3 is 5.97 Å². The van der Waals surface area contributed by atoms with Crippen LogP contribution in [0.1, 0.15) is 17.4 Å². The van der Waals surface area contributed by atoms with Crippen LogP contribution in [0.4, 0.5) is 8.78 Å². The van der Waals surface area contributed by atoms with Crippen LogP contribution in [-0.4, -0.2) is 28.0 Å². The summed E-state index contributed by atoms with van der Waals surface area (Å²) in [7, 11) is 0. The zero-order chi connectivity index (χ0) is 17.8. The van der Waals surface area contributed by atoms with E-state index in [1.165, 1.54) is 6.07 Å². The predicted molar refractivity (Wildman–Crippen MR) is 84.2 cm³/mol. The molecular formula is C17H13F2N3O3. The third kappa shape index (κ3) is 3.47. The molecule has 128 valence electrons. The predicted octanol–water partition coefficient (Wildman–Crippen LogP) is 3.72. The van der Waals surface area contributed by atoms with E-state index in [0.29, 0.717) is 11.3 Å². The molecule has 0 spiro atoms. The van der Waals surface area contributed by atoms with E-state index < -0.39 is 17.6 Å². The summed E-state index contributed by atoms with van der Waals surface area (Å²) in [6, 6.07) is 9.88. The first kappa shape index (κ1) is 16.6. The summed E-state index contributed by atoms with van der Waals surface area (Å²) < 4.78 is 37.0. The average molecular weight is 345 g/mol. The molecule has 0 unspecified atom stereocenters. The van der Waals surface area contributed by atoms with Crippen LogP contribution in [0.3, 0.4) is 0 Å². The van der Waals surface area contributed by atoms with Crippen LogP contribution < -0.4 is 4.74 Å². The molecule has 0 radical (unpaired) electrons. The minimum atomic E-state index is -1.02. The number of carbonyl (C=O) groups is 1. The highest BCUT2D eigenvalue weighted by Gasteiger charge is 2.21. The van der Waals surface area contributed by atoms with Crippen LogP contribution in [0, 0.1) is 11.6 Å². The van der Waals surface area contributed by atoms with Gasteiger partial charge in [-0.15, -0.1) is 5.10 Å². The molecule has 1 N–H and O–H groups in total. The van der Waals surface area contributed by atoms with E-state index in [0.717, 1.165) is 12.1 Å². The molecule has 25 heavy (non-hydrogen) atoms. The van der Waals surface area contributed by atoms with E-state index >= 15 is 0 Å². The summed E-state index contributed by atoms with van der Waals surface area (Å²) in [6.45, 7) is 1.87. The Kier molecular flexibility index (Phi) is 4.69. The largest absolute Gasteiger partial charge is 0.461 e. The fourth-order valence-corrected chi connectivity index (χ4v) is 2.18. The van der Waals surface area contributed by atoms with Crippen molar-refractivity contribution in [1.29, 1.82) is 0 Å². The van der Waals surface area contributed by atoms with E-state index in [2.05, 4.69) is 15.4 Å². The number of halogens is 2. The fourth-order valence-electron chi connectivity index (χ4n) is 2.18. The van der Waals surface area contributed by atoms with Crippen LogP contribution in [-0.2, 0) is 4.74 Å². The molecule has 6 nitrogen and oxygen atoms in total. The lowest BCUT2D eigenvalue weighted by molar-refractivity contribution is 0.0520. The van der Waals surface area contributed by atoms with Gasteiger partial charge in [0.05, 0.1) is 6.61 Å². The Bertz CT molecular complexity index is 912. The van der Waals surface area contributed by atoms with Crippen molar-refractivity contribution >= 4 is 5.97 Å². The maximum atomic E-state index is 13.4. The van der Waals surface area contributed by atoms with E-state index in [9.17, 15) is 13.6 Å². The summed E-state index contributed by atoms with van der Waals surface area (Å²) in [5.74, 6) is -2.22. The number of ether oxygens (including phenoxy) is 2. The number of aromatic amines is 1. The smallest absolute Gasteiger partial charge is 0.361 e. The molecule has 0 amide bonds. The Balaban J connectivity index is 1.98. The number of nitrogens with one attached hydrogen (secondary N) is 1. The number of hydrogen-bond acceptors (Lipinski definition) is 5. The van der Waals surface area contributed by atoms with Gasteiger partial charge in [-0.25, -0.2) is 13.6 Å². The van der Waals surface area contributed by atoms with Crippen LogP contribution in [0.15, 0.2) is 42.5 Å². The van der Waals surface area contributed by atoms with Gasteiger partial charge in [-0.05, 0) is 31.2 Å². The number of carbonyl (C=O) groups excluding carboxylic acids is 1. The number of aromatic nitrogens is 3. The second-order valence-corrected chi connectivity index (χ2v) is 4.92. The Labute approximate surface area is 141 Å². The number of H-pyrrole nitrogens is 1. The van der Waals surface area contributed by atoms with Gasteiger partial charge in [0.1, 0.15) is 17.2 Å². The molecule has 0 saturated heterocycles. The molecule has 1 aromatic heterocycles. The summed E-state index contributed by atoms with van der Waals surface area (Å²) in [4.78, 5) is 12.0. The number of esters is 1. The molecule has 0 atom stereocenters. The molecule has 0 aliphatic heterocycles. The third-order valence-corrected chi connectivity index (χ3v) is 3.28. The van der Waals surface area contributed by atoms with Crippen LogP contribution in [0.25, 0.3) is 11.3 Å². The van der Waals surface area contributed by atoms with E-state index in [1.807, 2.05) is 0 Å². The monoisotopic (exact) mass is 345 g/mol. The van der Waals surface area contributed by atoms with Crippen molar-refractivity contribution in [2.45, 2.75) is 6.92 Å². The minimum absolute atomic E-state index is 0.00295. The van der Waals surface area contributed by atoms with Gasteiger partial charge < -0.3 is 9.47 Å². The van der Waals surface area contributed by atoms with Gasteiger partial charge in [-0.2, -0.15) is 10.3 Å². The summed E-state index contributed by atoms with van der Waals surface area (Å²) >= 11 is 0. The lowest BCUT2D eigenvalue weighted by Gasteiger charge is -2.10. The van der Waals surface area contributed by atoms with Crippen molar-refractivity contribution < 1.29 is 23.0 Å². The van der Waals surface area contributed by atoms with Crippen LogP contribution in [0.2, 0.25) is 0 Å². The Hall–Kier alpha value is -3.29. The number of hydrogen-bond donors (Lipinski definition) is 1. The van der Waals surface area contributed by atoms with Gasteiger partial charge in [0.2, 0.25) is 0 Å². The first-order chi connectivity index (χ1) is 12.1. The molecule has 3 aromatic rings. The molecule has 8 heteroatoms. The highest BCUT2D eigenvalue weighted by molar-refractivity contribution is 5.94. The van der Waals surface area contributed by atoms with Gasteiger partial charge in [0.15, 0.2) is 17.3 Å². The summed E-state index contributed by atoms with van der Waals surface area (Å²) in [5.41, 5.74) is 0.684. The average Bonchev–Trinajstić information content (AvgIpc) is 3.08. The van der Waals surface area contributed by atoms with Crippen molar-refractivity contribution in [3.8, 4) is 22.8 Å². The Morgan fingerprint density at radius 1 is 1.12 bits per heavy atom. The maximum Gasteiger partial charge on any atom is 0.361 e. The molecule has 0 bridgehead atoms. The minimum Gasteiger partial charge on any atom is -0.461 e. The first-order valence-electron chi connectivity index (χ1n) is 7.40.